The summed E-state index contributed by atoms with van der Waals surface area (Å²) in [6.07, 6.45) is 6.74. The number of carbonyl (C=O) groups excluding carboxylic acids is 3. The van der Waals surface area contributed by atoms with E-state index in [0.29, 0.717) is 41.5 Å². The minimum atomic E-state index is -0.617. The number of hydrogen-bond acceptors (Lipinski definition) is 7. The molecule has 9 heteroatoms. The molecule has 0 bridgehead atoms. The summed E-state index contributed by atoms with van der Waals surface area (Å²) in [4.78, 5) is 40.9. The van der Waals surface area contributed by atoms with Gasteiger partial charge in [0, 0.05) is 36.8 Å². The van der Waals surface area contributed by atoms with Gasteiger partial charge in [-0.05, 0) is 49.1 Å². The van der Waals surface area contributed by atoms with Gasteiger partial charge in [-0.3, -0.25) is 19.4 Å². The first-order valence-corrected chi connectivity index (χ1v) is 11.8. The maximum Gasteiger partial charge on any atom is 0.246 e. The van der Waals surface area contributed by atoms with Gasteiger partial charge in [0.05, 0.1) is 25.4 Å². The van der Waals surface area contributed by atoms with Gasteiger partial charge in [0.2, 0.25) is 12.3 Å². The number of amides is 2. The van der Waals surface area contributed by atoms with Crippen molar-refractivity contribution in [2.45, 2.75) is 38.8 Å². The van der Waals surface area contributed by atoms with E-state index >= 15 is 0 Å². The highest BCUT2D eigenvalue weighted by molar-refractivity contribution is 5.95. The number of nitrogens with zero attached hydrogens (tertiary/aromatic N) is 2. The smallest absolute Gasteiger partial charge is 0.246 e. The predicted molar refractivity (Wildman–Crippen MR) is 140 cm³/mol. The lowest BCUT2D eigenvalue weighted by Gasteiger charge is -2.16. The molecule has 2 amide bonds. The Bertz CT molecular complexity index is 1140. The topological polar surface area (TPSA) is 109 Å². The summed E-state index contributed by atoms with van der Waals surface area (Å²) in [7, 11) is 3.52. The monoisotopic (exact) mass is 492 g/mol. The number of rotatable bonds is 12. The van der Waals surface area contributed by atoms with E-state index in [0.717, 1.165) is 30.3 Å². The molecule has 1 heterocycles. The molecule has 0 saturated heterocycles. The summed E-state index contributed by atoms with van der Waals surface area (Å²) in [5.74, 6) is 0.766. The normalized spacial score (nSPS) is 15.8. The molecule has 0 saturated carbocycles. The number of aliphatic imine (C=N–C) groups is 1. The Morgan fingerprint density at radius 3 is 2.61 bits per heavy atom. The number of hydrogen-bond donors (Lipinski definition) is 2. The van der Waals surface area contributed by atoms with Crippen molar-refractivity contribution in [1.29, 1.82) is 0 Å². The van der Waals surface area contributed by atoms with Crippen molar-refractivity contribution >= 4 is 41.8 Å². The second-order valence-electron chi connectivity index (χ2n) is 8.47. The van der Waals surface area contributed by atoms with Crippen LogP contribution >= 0.6 is 0 Å². The summed E-state index contributed by atoms with van der Waals surface area (Å²) >= 11 is 0. The van der Waals surface area contributed by atoms with Gasteiger partial charge in [0.15, 0.2) is 17.8 Å². The summed E-state index contributed by atoms with van der Waals surface area (Å²) in [6, 6.07) is 10.3. The van der Waals surface area contributed by atoms with E-state index < -0.39 is 6.04 Å². The Labute approximate surface area is 211 Å². The Balaban J connectivity index is 1.70. The quantitative estimate of drug-likeness (QED) is 0.344. The number of nitrogens with one attached hydrogen (secondary N) is 2. The lowest BCUT2D eigenvalue weighted by atomic mass is 10.0. The summed E-state index contributed by atoms with van der Waals surface area (Å²) in [5.41, 5.74) is 3.76. The van der Waals surface area contributed by atoms with Gasteiger partial charge in [-0.2, -0.15) is 0 Å². The van der Waals surface area contributed by atoms with E-state index in [4.69, 9.17) is 9.47 Å². The second-order valence-corrected chi connectivity index (χ2v) is 8.47. The maximum absolute atomic E-state index is 12.1. The van der Waals surface area contributed by atoms with Crippen molar-refractivity contribution in [2.75, 3.05) is 26.1 Å². The van der Waals surface area contributed by atoms with Crippen molar-refractivity contribution in [3.63, 3.8) is 0 Å². The van der Waals surface area contributed by atoms with Crippen molar-refractivity contribution in [1.82, 2.24) is 10.2 Å². The number of ether oxygens (including phenoxy) is 2. The van der Waals surface area contributed by atoms with Crippen LogP contribution in [0.2, 0.25) is 0 Å². The van der Waals surface area contributed by atoms with Gasteiger partial charge in [-0.15, -0.1) is 0 Å². The van der Waals surface area contributed by atoms with Gasteiger partial charge < -0.3 is 25.0 Å². The number of carbonyl (C=O) groups is 3. The highest BCUT2D eigenvalue weighted by atomic mass is 16.5. The van der Waals surface area contributed by atoms with Crippen LogP contribution in [0.4, 0.5) is 11.4 Å². The molecule has 36 heavy (non-hydrogen) atoms. The van der Waals surface area contributed by atoms with Crippen molar-refractivity contribution < 1.29 is 23.9 Å². The zero-order valence-electron chi connectivity index (χ0n) is 21.0. The van der Waals surface area contributed by atoms with E-state index in [2.05, 4.69) is 26.7 Å². The van der Waals surface area contributed by atoms with Gasteiger partial charge in [-0.25, -0.2) is 0 Å². The third-order valence-corrected chi connectivity index (χ3v) is 5.83. The van der Waals surface area contributed by atoms with Crippen LogP contribution in [0.3, 0.4) is 0 Å². The van der Waals surface area contributed by atoms with E-state index in [-0.39, 0.29) is 11.9 Å². The molecule has 0 spiro atoms. The first kappa shape index (κ1) is 26.5. The van der Waals surface area contributed by atoms with E-state index in [1.54, 1.807) is 19.1 Å². The molecule has 2 N–H and O–H groups in total. The van der Waals surface area contributed by atoms with Gasteiger partial charge in [-0.1, -0.05) is 19.1 Å². The molecule has 3 rings (SSSR count). The Morgan fingerprint density at radius 1 is 1.22 bits per heavy atom. The fraction of sp³-hybridized carbons (Fsp3) is 0.333. The molecular weight excluding hydrogens is 460 g/mol. The van der Waals surface area contributed by atoms with Crippen LogP contribution < -0.4 is 20.1 Å². The SMILES string of the molecule is CCCOc1cc(N=CC2CC(c3ccc(NC(=O)C(C)NC=O)cc3)=CN2C)c(C=O)cc1OC. The highest BCUT2D eigenvalue weighted by Gasteiger charge is 2.22. The standard InChI is InChI=1S/C27H32N4O5/c1-5-10-36-26-13-24(21(16-32)12-25(26)35-4)28-14-23-11-20(15-31(23)3)19-6-8-22(9-7-19)30-27(34)18(2)29-17-33/h6-9,12-18,23H,5,10-11H2,1-4H3,(H,29,33)(H,30,34). The molecule has 0 fully saturated rings. The van der Waals surface area contributed by atoms with Gasteiger partial charge >= 0.3 is 0 Å². The molecule has 190 valence electrons. The molecule has 1 aliphatic heterocycles. The predicted octanol–water partition coefficient (Wildman–Crippen LogP) is 3.82. The zero-order valence-corrected chi connectivity index (χ0v) is 21.0. The van der Waals surface area contributed by atoms with Crippen LogP contribution in [-0.4, -0.2) is 62.6 Å². The molecule has 0 aliphatic carbocycles. The Morgan fingerprint density at radius 2 is 1.97 bits per heavy atom. The summed E-state index contributed by atoms with van der Waals surface area (Å²) in [5, 5.41) is 5.21. The fourth-order valence-corrected chi connectivity index (χ4v) is 3.73. The Kier molecular flexibility index (Phi) is 9.21. The van der Waals surface area contributed by atoms with Crippen LogP contribution in [0.15, 0.2) is 47.6 Å². The lowest BCUT2D eigenvalue weighted by molar-refractivity contribution is -0.120. The maximum atomic E-state index is 12.1. The number of methoxy groups -OCH3 is 1. The largest absolute Gasteiger partial charge is 0.493 e. The molecule has 2 atom stereocenters. The van der Waals surface area contributed by atoms with Crippen molar-refractivity contribution in [3.8, 4) is 11.5 Å². The fourth-order valence-electron chi connectivity index (χ4n) is 3.73. The molecule has 2 aromatic rings. The first-order chi connectivity index (χ1) is 17.4. The average molecular weight is 493 g/mol. The minimum absolute atomic E-state index is 0.0104. The molecule has 9 nitrogen and oxygen atoms in total. The third-order valence-electron chi connectivity index (χ3n) is 5.83. The molecular formula is C27H32N4O5. The number of benzene rings is 2. The molecule has 2 unspecified atom stereocenters. The van der Waals surface area contributed by atoms with E-state index in [9.17, 15) is 14.4 Å². The van der Waals surface area contributed by atoms with Crippen LogP contribution in [0.25, 0.3) is 5.57 Å². The zero-order chi connectivity index (χ0) is 26.1. The van der Waals surface area contributed by atoms with E-state index in [1.807, 2.05) is 44.5 Å². The molecule has 0 aromatic heterocycles. The van der Waals surface area contributed by atoms with Gasteiger partial charge in [0.25, 0.3) is 0 Å². The van der Waals surface area contributed by atoms with E-state index in [1.165, 1.54) is 7.11 Å². The first-order valence-electron chi connectivity index (χ1n) is 11.8. The molecule has 2 aromatic carbocycles. The third kappa shape index (κ3) is 6.50. The average Bonchev–Trinajstić information content (AvgIpc) is 3.26. The summed E-state index contributed by atoms with van der Waals surface area (Å²) < 4.78 is 11.1. The van der Waals surface area contributed by atoms with Crippen LogP contribution in [0.5, 0.6) is 11.5 Å². The van der Waals surface area contributed by atoms with Crippen molar-refractivity contribution in [2.24, 2.45) is 4.99 Å². The van der Waals surface area contributed by atoms with Crippen LogP contribution in [-0.2, 0) is 9.59 Å². The Hall–Kier alpha value is -4.14. The number of aldehydes is 1. The molecule has 0 radical (unpaired) electrons. The lowest BCUT2D eigenvalue weighted by Crippen LogP contribution is -2.37. The number of anilines is 1. The van der Waals surface area contributed by atoms with Crippen LogP contribution in [0.1, 0.15) is 42.6 Å². The highest BCUT2D eigenvalue weighted by Crippen LogP contribution is 2.35. The minimum Gasteiger partial charge on any atom is -0.493 e. The summed E-state index contributed by atoms with van der Waals surface area (Å²) in [6.45, 7) is 4.17. The molecule has 1 aliphatic rings. The second kappa shape index (κ2) is 12.5. The van der Waals surface area contributed by atoms with Crippen LogP contribution in [0, 0.1) is 0 Å². The van der Waals surface area contributed by atoms with Crippen molar-refractivity contribution in [3.05, 3.63) is 53.7 Å². The van der Waals surface area contributed by atoms with Gasteiger partial charge in [0.1, 0.15) is 6.04 Å².